The van der Waals surface area contributed by atoms with E-state index in [1.807, 2.05) is 0 Å². The van der Waals surface area contributed by atoms with Gasteiger partial charge in [-0.2, -0.15) is 0 Å². The van der Waals surface area contributed by atoms with Gasteiger partial charge in [0.2, 0.25) is 0 Å². The quantitative estimate of drug-likeness (QED) is 0.813. The first kappa shape index (κ1) is 14.5. The lowest BCUT2D eigenvalue weighted by Crippen LogP contribution is -2.32. The fourth-order valence-corrected chi connectivity index (χ4v) is 2.62. The van der Waals surface area contributed by atoms with Gasteiger partial charge in [-0.3, -0.25) is 0 Å². The summed E-state index contributed by atoms with van der Waals surface area (Å²) in [6.07, 6.45) is 3.82. The number of nitrogens with zero attached hydrogens (tertiary/aromatic N) is 1. The largest absolute Gasteiger partial charge is 0.324 e. The molecule has 1 fully saturated rings. The fourth-order valence-electron chi connectivity index (χ4n) is 2.62. The minimum atomic E-state index is 0.175. The van der Waals surface area contributed by atoms with E-state index in [-0.39, 0.29) is 6.04 Å². The average Bonchev–Trinajstić information content (AvgIpc) is 3.18. The Labute approximate surface area is 118 Å². The molecule has 0 aliphatic heterocycles. The van der Waals surface area contributed by atoms with Gasteiger partial charge < -0.3 is 10.6 Å². The summed E-state index contributed by atoms with van der Waals surface area (Å²) < 4.78 is 0. The Bertz CT molecular complexity index is 379. The summed E-state index contributed by atoms with van der Waals surface area (Å²) in [6, 6.07) is 9.67. The molecule has 2 rings (SSSR count). The first-order chi connectivity index (χ1) is 9.06. The first-order valence-electron chi connectivity index (χ1n) is 7.62. The first-order valence-corrected chi connectivity index (χ1v) is 7.62. The lowest BCUT2D eigenvalue weighted by atomic mass is 10.0. The Morgan fingerprint density at radius 2 is 1.84 bits per heavy atom. The molecule has 1 aliphatic rings. The number of rotatable bonds is 7. The molecule has 1 unspecified atom stereocenters. The van der Waals surface area contributed by atoms with Crippen LogP contribution in [-0.2, 0) is 0 Å². The van der Waals surface area contributed by atoms with Gasteiger partial charge in [0, 0.05) is 25.2 Å². The van der Waals surface area contributed by atoms with Crippen molar-refractivity contribution >= 4 is 0 Å². The van der Waals surface area contributed by atoms with Crippen LogP contribution in [0.2, 0.25) is 0 Å². The molecule has 1 aromatic rings. The van der Waals surface area contributed by atoms with E-state index in [1.54, 1.807) is 0 Å². The van der Waals surface area contributed by atoms with Crippen molar-refractivity contribution in [2.75, 3.05) is 13.1 Å². The molecule has 1 saturated carbocycles. The van der Waals surface area contributed by atoms with Crippen molar-refractivity contribution in [3.8, 4) is 0 Å². The van der Waals surface area contributed by atoms with Gasteiger partial charge in [0.15, 0.2) is 0 Å². The second-order valence-electron chi connectivity index (χ2n) is 6.43. The highest BCUT2D eigenvalue weighted by molar-refractivity contribution is 5.23. The van der Waals surface area contributed by atoms with Crippen LogP contribution in [-0.4, -0.2) is 24.0 Å². The minimum Gasteiger partial charge on any atom is -0.324 e. The van der Waals surface area contributed by atoms with E-state index < -0.39 is 0 Å². The van der Waals surface area contributed by atoms with Crippen LogP contribution < -0.4 is 5.73 Å². The summed E-state index contributed by atoms with van der Waals surface area (Å²) in [6.45, 7) is 9.07. The molecule has 19 heavy (non-hydrogen) atoms. The number of benzene rings is 1. The van der Waals surface area contributed by atoms with E-state index in [0.29, 0.717) is 0 Å². The van der Waals surface area contributed by atoms with Crippen molar-refractivity contribution in [1.82, 2.24) is 4.90 Å². The zero-order valence-corrected chi connectivity index (χ0v) is 12.6. The molecule has 2 heteroatoms. The van der Waals surface area contributed by atoms with Gasteiger partial charge in [-0.05, 0) is 37.7 Å². The van der Waals surface area contributed by atoms with Crippen LogP contribution in [0.5, 0.6) is 0 Å². The third kappa shape index (κ3) is 4.63. The van der Waals surface area contributed by atoms with E-state index in [4.69, 9.17) is 5.73 Å². The Balaban J connectivity index is 1.84. The molecule has 0 bridgehead atoms. The molecule has 106 valence electrons. The smallest absolute Gasteiger partial charge is 0.0307 e. The van der Waals surface area contributed by atoms with E-state index in [1.165, 1.54) is 30.5 Å². The molecule has 0 saturated heterocycles. The van der Waals surface area contributed by atoms with Crippen molar-refractivity contribution in [2.45, 2.75) is 52.1 Å². The van der Waals surface area contributed by atoms with E-state index >= 15 is 0 Å². The van der Waals surface area contributed by atoms with E-state index in [9.17, 15) is 0 Å². The highest BCUT2D eigenvalue weighted by Gasteiger charge is 2.29. The number of hydrogen-bond donors (Lipinski definition) is 1. The summed E-state index contributed by atoms with van der Waals surface area (Å²) in [4.78, 5) is 2.64. The molecule has 0 aromatic heterocycles. The third-order valence-corrected chi connectivity index (χ3v) is 3.90. The van der Waals surface area contributed by atoms with E-state index in [2.05, 4.69) is 49.9 Å². The van der Waals surface area contributed by atoms with E-state index in [0.717, 1.165) is 24.9 Å². The molecular weight excluding hydrogens is 232 g/mol. The molecule has 0 amide bonds. The second kappa shape index (κ2) is 6.53. The van der Waals surface area contributed by atoms with Gasteiger partial charge in [-0.25, -0.2) is 0 Å². The third-order valence-electron chi connectivity index (χ3n) is 3.90. The monoisotopic (exact) mass is 260 g/mol. The summed E-state index contributed by atoms with van der Waals surface area (Å²) in [5.41, 5.74) is 8.89. The number of nitrogens with two attached hydrogens (primary N) is 1. The average molecular weight is 260 g/mol. The maximum absolute atomic E-state index is 6.32. The highest BCUT2D eigenvalue weighted by Crippen LogP contribution is 2.28. The zero-order chi connectivity index (χ0) is 13.8. The fraction of sp³-hybridized carbons (Fsp3) is 0.647. The zero-order valence-electron chi connectivity index (χ0n) is 12.6. The molecule has 1 aliphatic carbocycles. The van der Waals surface area contributed by atoms with Gasteiger partial charge in [0.05, 0.1) is 0 Å². The maximum Gasteiger partial charge on any atom is 0.0307 e. The lowest BCUT2D eigenvalue weighted by Gasteiger charge is -2.25. The minimum absolute atomic E-state index is 0.175. The normalized spacial score (nSPS) is 17.2. The molecule has 0 heterocycles. The maximum atomic E-state index is 6.32. The number of hydrogen-bond acceptors (Lipinski definition) is 2. The molecule has 0 spiro atoms. The van der Waals surface area contributed by atoms with Crippen molar-refractivity contribution in [3.63, 3.8) is 0 Å². The predicted octanol–water partition coefficient (Wildman–Crippen LogP) is 3.51. The SMILES string of the molecule is Cc1ccc(C(N)CCN(CC(C)C)C2CC2)cc1. The topological polar surface area (TPSA) is 29.3 Å². The lowest BCUT2D eigenvalue weighted by molar-refractivity contribution is 0.226. The van der Waals surface area contributed by atoms with Crippen LogP contribution in [0.25, 0.3) is 0 Å². The van der Waals surface area contributed by atoms with Gasteiger partial charge in [-0.15, -0.1) is 0 Å². The summed E-state index contributed by atoms with van der Waals surface area (Å²) >= 11 is 0. The molecular formula is C17H28N2. The van der Waals surface area contributed by atoms with Crippen LogP contribution in [0.15, 0.2) is 24.3 Å². The Morgan fingerprint density at radius 1 is 1.21 bits per heavy atom. The van der Waals surface area contributed by atoms with Gasteiger partial charge in [0.25, 0.3) is 0 Å². The van der Waals surface area contributed by atoms with Crippen molar-refractivity contribution < 1.29 is 0 Å². The summed E-state index contributed by atoms with van der Waals surface area (Å²) in [7, 11) is 0. The van der Waals surface area contributed by atoms with Crippen molar-refractivity contribution in [2.24, 2.45) is 11.7 Å². The van der Waals surface area contributed by atoms with Crippen molar-refractivity contribution in [3.05, 3.63) is 35.4 Å². The molecule has 0 radical (unpaired) electrons. The molecule has 2 nitrogen and oxygen atoms in total. The Morgan fingerprint density at radius 3 is 2.37 bits per heavy atom. The van der Waals surface area contributed by atoms with Crippen LogP contribution in [0.4, 0.5) is 0 Å². The molecule has 1 aromatic carbocycles. The number of aryl methyl sites for hydroxylation is 1. The second-order valence-corrected chi connectivity index (χ2v) is 6.43. The summed E-state index contributed by atoms with van der Waals surface area (Å²) in [5, 5.41) is 0. The van der Waals surface area contributed by atoms with Crippen LogP contribution in [0, 0.1) is 12.8 Å². The van der Waals surface area contributed by atoms with Gasteiger partial charge in [0.1, 0.15) is 0 Å². The molecule has 1 atom stereocenters. The standard InChI is InChI=1S/C17H28N2/c1-13(2)12-19(16-8-9-16)11-10-17(18)15-6-4-14(3)5-7-15/h4-7,13,16-17H,8-12,18H2,1-3H3. The Hall–Kier alpha value is -0.860. The van der Waals surface area contributed by atoms with Crippen LogP contribution in [0.1, 0.15) is 50.3 Å². The van der Waals surface area contributed by atoms with Crippen molar-refractivity contribution in [1.29, 1.82) is 0 Å². The Kier molecular flexibility index (Phi) is 5.00. The summed E-state index contributed by atoms with van der Waals surface area (Å²) in [5.74, 6) is 0.746. The molecule has 2 N–H and O–H groups in total. The highest BCUT2D eigenvalue weighted by atomic mass is 15.2. The van der Waals surface area contributed by atoms with Crippen LogP contribution in [0.3, 0.4) is 0 Å². The van der Waals surface area contributed by atoms with Gasteiger partial charge >= 0.3 is 0 Å². The van der Waals surface area contributed by atoms with Crippen LogP contribution >= 0.6 is 0 Å². The van der Waals surface area contributed by atoms with Gasteiger partial charge in [-0.1, -0.05) is 43.7 Å². The predicted molar refractivity (Wildman–Crippen MR) is 82.2 cm³/mol.